The number of benzene rings is 1. The minimum atomic E-state index is 0.473. The lowest BCUT2D eigenvalue weighted by molar-refractivity contribution is -0.929. The number of rotatable bonds is 4. The van der Waals surface area contributed by atoms with Crippen LogP contribution in [-0.2, 0) is 19.5 Å². The number of pyridine rings is 1. The van der Waals surface area contributed by atoms with Crippen molar-refractivity contribution in [3.05, 3.63) is 57.7 Å². The molecule has 1 fully saturated rings. The molecular formula is C22H27ClN4+2. The summed E-state index contributed by atoms with van der Waals surface area (Å²) in [5.74, 6) is 1.03. The van der Waals surface area contributed by atoms with E-state index in [1.807, 2.05) is 0 Å². The van der Waals surface area contributed by atoms with E-state index in [9.17, 15) is 5.26 Å². The predicted molar refractivity (Wildman–Crippen MR) is 107 cm³/mol. The fourth-order valence-electron chi connectivity index (χ4n) is 4.52. The Labute approximate surface area is 166 Å². The summed E-state index contributed by atoms with van der Waals surface area (Å²) < 4.78 is 0. The van der Waals surface area contributed by atoms with Crippen LogP contribution in [0, 0.1) is 11.3 Å². The van der Waals surface area contributed by atoms with Gasteiger partial charge in [-0.05, 0) is 42.8 Å². The minimum Gasteiger partial charge on any atom is -0.327 e. The fourth-order valence-corrected chi connectivity index (χ4v) is 4.77. The maximum Gasteiger partial charge on any atom is 0.282 e. The van der Waals surface area contributed by atoms with Gasteiger partial charge in [0, 0.05) is 12.0 Å². The average Bonchev–Trinajstić information content (AvgIpc) is 2.70. The highest BCUT2D eigenvalue weighted by Crippen LogP contribution is 2.28. The number of nitriles is 1. The van der Waals surface area contributed by atoms with Gasteiger partial charge >= 0.3 is 0 Å². The smallest absolute Gasteiger partial charge is 0.282 e. The molecule has 0 amide bonds. The molecule has 1 unspecified atom stereocenters. The highest BCUT2D eigenvalue weighted by molar-refractivity contribution is 6.29. The molecule has 1 atom stereocenters. The molecule has 2 heterocycles. The van der Waals surface area contributed by atoms with E-state index in [1.54, 1.807) is 0 Å². The van der Waals surface area contributed by atoms with Crippen molar-refractivity contribution in [3.63, 3.8) is 0 Å². The molecule has 0 radical (unpaired) electrons. The number of H-pyrrole nitrogens is 1. The van der Waals surface area contributed by atoms with Crippen molar-refractivity contribution in [1.29, 1.82) is 5.26 Å². The molecule has 4 nitrogen and oxygen atoms in total. The first-order valence-corrected chi connectivity index (χ1v) is 10.4. The Balaban J connectivity index is 1.61. The summed E-state index contributed by atoms with van der Waals surface area (Å²) in [7, 11) is 0. The highest BCUT2D eigenvalue weighted by Gasteiger charge is 2.32. The summed E-state index contributed by atoms with van der Waals surface area (Å²) in [5, 5.41) is 13.8. The first kappa shape index (κ1) is 18.3. The molecule has 2 aromatic rings. The van der Waals surface area contributed by atoms with Crippen LogP contribution in [0.1, 0.15) is 54.4 Å². The number of quaternary nitrogens is 1. The lowest BCUT2D eigenvalue weighted by atomic mass is 9.93. The molecule has 0 spiro atoms. The van der Waals surface area contributed by atoms with Gasteiger partial charge in [-0.3, -0.25) is 5.32 Å². The number of hydrogen-bond acceptors (Lipinski definition) is 2. The second-order valence-electron chi connectivity index (χ2n) is 7.83. The maximum absolute atomic E-state index is 9.61. The monoisotopic (exact) mass is 382 g/mol. The summed E-state index contributed by atoms with van der Waals surface area (Å²) >= 11 is 6.43. The van der Waals surface area contributed by atoms with Gasteiger partial charge in [-0.25, -0.2) is 4.98 Å². The fraction of sp³-hybridized carbons (Fsp3) is 0.455. The van der Waals surface area contributed by atoms with E-state index in [0.29, 0.717) is 16.8 Å². The largest absolute Gasteiger partial charge is 0.327 e. The van der Waals surface area contributed by atoms with Crippen molar-refractivity contribution in [2.75, 3.05) is 11.9 Å². The van der Waals surface area contributed by atoms with Gasteiger partial charge in [0.1, 0.15) is 24.7 Å². The van der Waals surface area contributed by atoms with Crippen LogP contribution in [0.2, 0.25) is 5.15 Å². The zero-order valence-corrected chi connectivity index (χ0v) is 16.4. The second kappa shape index (κ2) is 8.29. The molecule has 27 heavy (non-hydrogen) atoms. The quantitative estimate of drug-likeness (QED) is 0.799. The van der Waals surface area contributed by atoms with E-state index >= 15 is 0 Å². The van der Waals surface area contributed by atoms with E-state index in [0.717, 1.165) is 37.4 Å². The van der Waals surface area contributed by atoms with Crippen LogP contribution in [0.25, 0.3) is 0 Å². The number of nitrogens with zero attached hydrogens (tertiary/aromatic N) is 1. The van der Waals surface area contributed by atoms with Crippen molar-refractivity contribution < 1.29 is 9.88 Å². The molecular weight excluding hydrogens is 356 g/mol. The van der Waals surface area contributed by atoms with Crippen LogP contribution >= 0.6 is 11.6 Å². The summed E-state index contributed by atoms with van der Waals surface area (Å²) in [4.78, 5) is 4.83. The van der Waals surface area contributed by atoms with Crippen LogP contribution in [0.5, 0.6) is 0 Å². The Morgan fingerprint density at radius 1 is 1.15 bits per heavy atom. The van der Waals surface area contributed by atoms with E-state index in [1.165, 1.54) is 48.1 Å². The third kappa shape index (κ3) is 4.10. The lowest BCUT2D eigenvalue weighted by Crippen LogP contribution is -3.10. The van der Waals surface area contributed by atoms with Crippen LogP contribution in [0.3, 0.4) is 0 Å². The van der Waals surface area contributed by atoms with Crippen LogP contribution in [0.4, 0.5) is 5.82 Å². The number of aromatic amines is 1. The number of hydrogen-bond donors (Lipinski definition) is 2. The standard InChI is InChI=1S/C22H25ClN4/c23-21-19(13-24)18-11-12-27(14-16-7-3-1-4-8-16)15-20(18)22(26-21)25-17-9-5-2-6-10-17/h1,3-4,7-8,17H,2,5-6,9-12,14-15H2,(H,25,26)/p+2. The lowest BCUT2D eigenvalue weighted by Gasteiger charge is -2.28. The molecule has 1 aromatic heterocycles. The van der Waals surface area contributed by atoms with Crippen molar-refractivity contribution in [2.24, 2.45) is 0 Å². The number of anilines is 1. The molecule has 140 valence electrons. The summed E-state index contributed by atoms with van der Waals surface area (Å²) in [5.41, 5.74) is 4.37. The van der Waals surface area contributed by atoms with Gasteiger partial charge < -0.3 is 4.90 Å². The van der Waals surface area contributed by atoms with Gasteiger partial charge in [0.2, 0.25) is 5.15 Å². The van der Waals surface area contributed by atoms with Gasteiger partial charge in [-0.15, -0.1) is 0 Å². The zero-order valence-electron chi connectivity index (χ0n) is 15.7. The van der Waals surface area contributed by atoms with E-state index in [2.05, 4.69) is 46.7 Å². The van der Waals surface area contributed by atoms with Crippen molar-refractivity contribution in [2.45, 2.75) is 57.7 Å². The molecule has 2 aliphatic rings. The van der Waals surface area contributed by atoms with Gasteiger partial charge in [0.25, 0.3) is 5.82 Å². The number of nitrogens with one attached hydrogen (secondary N) is 3. The third-order valence-electron chi connectivity index (χ3n) is 5.94. The highest BCUT2D eigenvalue weighted by atomic mass is 35.5. The van der Waals surface area contributed by atoms with E-state index in [4.69, 9.17) is 11.6 Å². The van der Waals surface area contributed by atoms with Gasteiger partial charge in [0.05, 0.1) is 18.2 Å². The maximum atomic E-state index is 9.61. The molecule has 5 heteroatoms. The number of aromatic nitrogens is 1. The van der Waals surface area contributed by atoms with E-state index < -0.39 is 0 Å². The summed E-state index contributed by atoms with van der Waals surface area (Å²) in [6, 6.07) is 13.5. The predicted octanol–water partition coefficient (Wildman–Crippen LogP) is 2.91. The van der Waals surface area contributed by atoms with Gasteiger partial charge in [0.15, 0.2) is 0 Å². The normalized spacial score (nSPS) is 19.9. The molecule has 1 aliphatic carbocycles. The van der Waals surface area contributed by atoms with Crippen LogP contribution in [-0.4, -0.2) is 12.6 Å². The molecule has 0 saturated heterocycles. The van der Waals surface area contributed by atoms with Crippen molar-refractivity contribution in [3.8, 4) is 6.07 Å². The molecule has 0 bridgehead atoms. The zero-order chi connectivity index (χ0) is 18.6. The molecule has 1 saturated carbocycles. The molecule has 4 rings (SSSR count). The van der Waals surface area contributed by atoms with Crippen LogP contribution in [0.15, 0.2) is 30.3 Å². The molecule has 1 aromatic carbocycles. The van der Waals surface area contributed by atoms with Crippen LogP contribution < -0.4 is 15.2 Å². The SMILES string of the molecule is N#Cc1c(Cl)[nH+]c(NC2CCCCC2)c2c1CC[NH+](Cc1ccccc1)C2. The minimum absolute atomic E-state index is 0.473. The number of halogens is 1. The first-order chi connectivity index (χ1) is 13.2. The van der Waals surface area contributed by atoms with Crippen molar-refractivity contribution in [1.82, 2.24) is 0 Å². The van der Waals surface area contributed by atoms with Crippen molar-refractivity contribution >= 4 is 17.4 Å². The summed E-state index contributed by atoms with van der Waals surface area (Å²) in [6.07, 6.45) is 7.23. The first-order valence-electron chi connectivity index (χ1n) is 10.0. The third-order valence-corrected chi connectivity index (χ3v) is 6.22. The number of fused-ring (bicyclic) bond motifs is 1. The Morgan fingerprint density at radius 2 is 1.93 bits per heavy atom. The Hall–Kier alpha value is -2.09. The molecule has 3 N–H and O–H groups in total. The topological polar surface area (TPSA) is 54.4 Å². The Kier molecular flexibility index (Phi) is 5.61. The van der Waals surface area contributed by atoms with E-state index in [-0.39, 0.29) is 0 Å². The van der Waals surface area contributed by atoms with Gasteiger partial charge in [-0.1, -0.05) is 36.8 Å². The average molecular weight is 383 g/mol. The second-order valence-corrected chi connectivity index (χ2v) is 8.20. The Morgan fingerprint density at radius 3 is 2.67 bits per heavy atom. The Bertz CT molecular complexity index is 838. The molecule has 1 aliphatic heterocycles. The van der Waals surface area contributed by atoms with Gasteiger partial charge in [-0.2, -0.15) is 5.26 Å². The summed E-state index contributed by atoms with van der Waals surface area (Å²) in [6.45, 7) is 2.95.